The highest BCUT2D eigenvalue weighted by atomic mass is 16.5. The highest BCUT2D eigenvalue weighted by Gasteiger charge is 2.52. The van der Waals surface area contributed by atoms with Gasteiger partial charge in [-0.3, -0.25) is 0 Å². The number of hydrogen-bond donors (Lipinski definition) is 2. The van der Waals surface area contributed by atoms with Crippen molar-refractivity contribution in [2.45, 2.75) is 31.5 Å². The van der Waals surface area contributed by atoms with Gasteiger partial charge in [-0.2, -0.15) is 4.98 Å². The molecule has 2 aromatic rings. The van der Waals surface area contributed by atoms with E-state index in [-0.39, 0.29) is 18.2 Å². The molecule has 4 unspecified atom stereocenters. The van der Waals surface area contributed by atoms with Crippen LogP contribution in [0.1, 0.15) is 12.0 Å². The Morgan fingerprint density at radius 1 is 1.53 bits per heavy atom. The predicted molar refractivity (Wildman–Crippen MR) is 71.0 cm³/mol. The number of aromatic nitrogens is 3. The summed E-state index contributed by atoms with van der Waals surface area (Å²) in [6, 6.07) is 4.26. The first kappa shape index (κ1) is 11.2. The number of nitrogens with zero attached hydrogens (tertiary/aromatic N) is 3. The molecule has 2 fully saturated rings. The first-order valence-corrected chi connectivity index (χ1v) is 6.70. The topological polar surface area (TPSA) is 77.5 Å². The number of ether oxygens (including phenoxy) is 1. The summed E-state index contributed by atoms with van der Waals surface area (Å²) in [6.45, 7) is 2.85. The predicted octanol–water partition coefficient (Wildman–Crippen LogP) is 0.564. The minimum atomic E-state index is 0.130. The minimum absolute atomic E-state index is 0.130. The average molecular weight is 259 g/mol. The number of rotatable bonds is 2. The second-order valence-electron chi connectivity index (χ2n) is 5.43. The molecule has 1 aliphatic heterocycles. The van der Waals surface area contributed by atoms with E-state index in [9.17, 15) is 0 Å². The Kier molecular flexibility index (Phi) is 2.31. The highest BCUT2D eigenvalue weighted by Crippen LogP contribution is 2.38. The third kappa shape index (κ3) is 1.56. The van der Waals surface area contributed by atoms with Crippen molar-refractivity contribution in [1.82, 2.24) is 14.6 Å². The van der Waals surface area contributed by atoms with Gasteiger partial charge < -0.3 is 15.8 Å². The zero-order chi connectivity index (χ0) is 13.0. The number of nitrogens with two attached hydrogens (primary N) is 1. The molecule has 1 saturated carbocycles. The lowest BCUT2D eigenvalue weighted by atomic mass is 9.72. The maximum Gasteiger partial charge on any atom is 0.243 e. The molecule has 3 N–H and O–H groups in total. The van der Waals surface area contributed by atoms with E-state index in [1.54, 1.807) is 4.52 Å². The quantitative estimate of drug-likeness (QED) is 0.824. The normalized spacial score (nSPS) is 33.2. The molecule has 19 heavy (non-hydrogen) atoms. The van der Waals surface area contributed by atoms with Crippen molar-refractivity contribution in [2.75, 3.05) is 11.9 Å². The van der Waals surface area contributed by atoms with Gasteiger partial charge in [-0.1, -0.05) is 6.07 Å². The average Bonchev–Trinajstić information content (AvgIpc) is 3.00. The van der Waals surface area contributed by atoms with Crippen LogP contribution >= 0.6 is 0 Å². The molecule has 4 atom stereocenters. The van der Waals surface area contributed by atoms with Crippen LogP contribution in [0.15, 0.2) is 18.3 Å². The number of anilines is 1. The summed E-state index contributed by atoms with van der Waals surface area (Å²) in [7, 11) is 0. The first-order valence-electron chi connectivity index (χ1n) is 6.70. The number of pyridine rings is 1. The van der Waals surface area contributed by atoms with Gasteiger partial charge in [0.2, 0.25) is 5.95 Å². The van der Waals surface area contributed by atoms with Crippen molar-refractivity contribution in [3.05, 3.63) is 23.9 Å². The van der Waals surface area contributed by atoms with Gasteiger partial charge in [0.1, 0.15) is 0 Å². The van der Waals surface area contributed by atoms with Crippen molar-refractivity contribution in [3.63, 3.8) is 0 Å². The number of fused-ring (bicyclic) bond motifs is 2. The van der Waals surface area contributed by atoms with Crippen LogP contribution in [0.5, 0.6) is 0 Å². The van der Waals surface area contributed by atoms with Gasteiger partial charge in [0.15, 0.2) is 5.65 Å². The molecular weight excluding hydrogens is 242 g/mol. The summed E-state index contributed by atoms with van der Waals surface area (Å²) < 4.78 is 7.49. The second kappa shape index (κ2) is 3.91. The second-order valence-corrected chi connectivity index (χ2v) is 5.43. The van der Waals surface area contributed by atoms with Crippen LogP contribution in [0.3, 0.4) is 0 Å². The maximum atomic E-state index is 6.18. The Hall–Kier alpha value is -1.66. The fourth-order valence-electron chi connectivity index (χ4n) is 3.18. The van der Waals surface area contributed by atoms with E-state index >= 15 is 0 Å². The van der Waals surface area contributed by atoms with Crippen molar-refractivity contribution in [2.24, 2.45) is 11.7 Å². The highest BCUT2D eigenvalue weighted by molar-refractivity contribution is 5.50. The van der Waals surface area contributed by atoms with Crippen LogP contribution in [0, 0.1) is 12.8 Å². The van der Waals surface area contributed by atoms with Gasteiger partial charge in [0.05, 0.1) is 12.1 Å². The summed E-state index contributed by atoms with van der Waals surface area (Å²) in [5.74, 6) is 1.12. The van der Waals surface area contributed by atoms with Crippen LogP contribution in [0.4, 0.5) is 5.95 Å². The summed E-state index contributed by atoms with van der Waals surface area (Å²) >= 11 is 0. The molecular formula is C13H17N5O. The van der Waals surface area contributed by atoms with Gasteiger partial charge in [0.25, 0.3) is 0 Å². The molecule has 3 heterocycles. The molecule has 1 saturated heterocycles. The molecule has 6 heteroatoms. The Morgan fingerprint density at radius 2 is 2.42 bits per heavy atom. The monoisotopic (exact) mass is 259 g/mol. The van der Waals surface area contributed by atoms with Crippen LogP contribution < -0.4 is 11.1 Å². The lowest BCUT2D eigenvalue weighted by Crippen LogP contribution is -2.65. The molecule has 0 bridgehead atoms. The van der Waals surface area contributed by atoms with Crippen LogP contribution in [-0.4, -0.2) is 39.4 Å². The molecule has 2 aromatic heterocycles. The lowest BCUT2D eigenvalue weighted by Gasteiger charge is -2.45. The third-order valence-corrected chi connectivity index (χ3v) is 4.30. The van der Waals surface area contributed by atoms with Crippen LogP contribution in [0.2, 0.25) is 0 Å². The SMILES string of the molecule is Cc1cccn2nc(NC3C(N)C4CCOC43)nc12. The van der Waals surface area contributed by atoms with E-state index in [1.807, 2.05) is 25.3 Å². The number of nitrogens with one attached hydrogen (secondary N) is 1. The van der Waals surface area contributed by atoms with Gasteiger partial charge >= 0.3 is 0 Å². The van der Waals surface area contributed by atoms with Crippen molar-refractivity contribution in [1.29, 1.82) is 0 Å². The molecule has 0 amide bonds. The minimum Gasteiger partial charge on any atom is -0.376 e. The van der Waals surface area contributed by atoms with Crippen LogP contribution in [-0.2, 0) is 4.74 Å². The summed E-state index contributed by atoms with van der Waals surface area (Å²) in [5, 5.41) is 7.75. The molecule has 6 nitrogen and oxygen atoms in total. The summed E-state index contributed by atoms with van der Waals surface area (Å²) in [4.78, 5) is 4.51. The summed E-state index contributed by atoms with van der Waals surface area (Å²) in [5.41, 5.74) is 8.16. The molecule has 2 aliphatic rings. The van der Waals surface area contributed by atoms with Gasteiger partial charge in [0, 0.05) is 24.8 Å². The molecule has 0 aromatic carbocycles. The zero-order valence-electron chi connectivity index (χ0n) is 10.8. The molecule has 0 spiro atoms. The maximum absolute atomic E-state index is 6.18. The molecule has 1 aliphatic carbocycles. The van der Waals surface area contributed by atoms with Crippen molar-refractivity contribution < 1.29 is 4.74 Å². The molecule has 4 rings (SSSR count). The van der Waals surface area contributed by atoms with E-state index in [0.29, 0.717) is 11.9 Å². The number of hydrogen-bond acceptors (Lipinski definition) is 5. The Balaban J connectivity index is 1.60. The fraction of sp³-hybridized carbons (Fsp3) is 0.538. The van der Waals surface area contributed by atoms with Gasteiger partial charge in [-0.25, -0.2) is 4.52 Å². The standard InChI is InChI=1S/C13H17N5O/c1-7-3-2-5-18-12(7)16-13(17-18)15-10-9(14)8-4-6-19-11(8)10/h2-3,5,8-11H,4,6,14H2,1H3,(H,15,17). The first-order chi connectivity index (χ1) is 9.24. The Morgan fingerprint density at radius 3 is 3.26 bits per heavy atom. The van der Waals surface area contributed by atoms with Crippen molar-refractivity contribution in [3.8, 4) is 0 Å². The van der Waals surface area contributed by atoms with E-state index in [1.165, 1.54) is 0 Å². The smallest absolute Gasteiger partial charge is 0.243 e. The van der Waals surface area contributed by atoms with E-state index in [2.05, 4.69) is 15.4 Å². The fourth-order valence-corrected chi connectivity index (χ4v) is 3.18. The van der Waals surface area contributed by atoms with E-state index in [0.717, 1.165) is 24.2 Å². The van der Waals surface area contributed by atoms with Gasteiger partial charge in [-0.15, -0.1) is 5.10 Å². The lowest BCUT2D eigenvalue weighted by molar-refractivity contribution is 0.00510. The van der Waals surface area contributed by atoms with Crippen molar-refractivity contribution >= 4 is 11.6 Å². The Bertz CT molecular complexity index is 625. The molecule has 100 valence electrons. The van der Waals surface area contributed by atoms with E-state index < -0.39 is 0 Å². The largest absolute Gasteiger partial charge is 0.376 e. The molecule has 0 radical (unpaired) electrons. The third-order valence-electron chi connectivity index (χ3n) is 4.30. The Labute approximate surface area is 111 Å². The summed E-state index contributed by atoms with van der Waals surface area (Å²) in [6.07, 6.45) is 3.19. The van der Waals surface area contributed by atoms with Gasteiger partial charge in [-0.05, 0) is 25.0 Å². The van der Waals surface area contributed by atoms with Crippen LogP contribution in [0.25, 0.3) is 5.65 Å². The van der Waals surface area contributed by atoms with E-state index in [4.69, 9.17) is 10.5 Å². The zero-order valence-corrected chi connectivity index (χ0v) is 10.8. The number of aryl methyl sites for hydroxylation is 1.